The molecule has 0 aromatic carbocycles. The SMILES string of the molecule is CNc1nnc(C(=O)O)s1. The van der Waals surface area contributed by atoms with Crippen molar-refractivity contribution in [3.05, 3.63) is 5.01 Å². The molecule has 0 saturated carbocycles. The van der Waals surface area contributed by atoms with Crippen molar-refractivity contribution in [1.29, 1.82) is 0 Å². The van der Waals surface area contributed by atoms with Crippen LogP contribution in [0.15, 0.2) is 0 Å². The van der Waals surface area contributed by atoms with Crippen LogP contribution in [0.1, 0.15) is 9.80 Å². The van der Waals surface area contributed by atoms with Gasteiger partial charge in [-0.2, -0.15) is 0 Å². The molecular formula is C4H5N3O2S. The molecule has 0 saturated heterocycles. The van der Waals surface area contributed by atoms with Gasteiger partial charge in [0, 0.05) is 7.05 Å². The first-order chi connectivity index (χ1) is 4.74. The number of carbonyl (C=O) groups is 1. The van der Waals surface area contributed by atoms with E-state index in [9.17, 15) is 4.79 Å². The van der Waals surface area contributed by atoms with E-state index < -0.39 is 5.97 Å². The van der Waals surface area contributed by atoms with Gasteiger partial charge in [-0.15, -0.1) is 10.2 Å². The summed E-state index contributed by atoms with van der Waals surface area (Å²) in [6.45, 7) is 0. The first-order valence-corrected chi connectivity index (χ1v) is 3.30. The van der Waals surface area contributed by atoms with Crippen molar-refractivity contribution in [3.8, 4) is 0 Å². The van der Waals surface area contributed by atoms with Crippen LogP contribution in [0, 0.1) is 0 Å². The maximum absolute atomic E-state index is 10.2. The summed E-state index contributed by atoms with van der Waals surface area (Å²) in [6, 6.07) is 0. The molecule has 0 atom stereocenters. The Kier molecular flexibility index (Phi) is 1.81. The molecule has 1 heterocycles. The highest BCUT2D eigenvalue weighted by atomic mass is 32.1. The first kappa shape index (κ1) is 6.94. The van der Waals surface area contributed by atoms with E-state index in [2.05, 4.69) is 15.5 Å². The Hall–Kier alpha value is -1.17. The fourth-order valence-electron chi connectivity index (χ4n) is 0.411. The molecule has 0 spiro atoms. The lowest BCUT2D eigenvalue weighted by molar-refractivity contribution is 0.0695. The van der Waals surface area contributed by atoms with Gasteiger partial charge < -0.3 is 10.4 Å². The number of nitrogens with one attached hydrogen (secondary N) is 1. The van der Waals surface area contributed by atoms with Gasteiger partial charge in [0.15, 0.2) is 0 Å². The molecular weight excluding hydrogens is 154 g/mol. The molecule has 0 unspecified atom stereocenters. The minimum absolute atomic E-state index is 0.00403. The zero-order valence-electron chi connectivity index (χ0n) is 5.16. The Morgan fingerprint density at radius 1 is 1.70 bits per heavy atom. The third kappa shape index (κ3) is 1.21. The van der Waals surface area contributed by atoms with E-state index in [0.717, 1.165) is 11.3 Å². The highest BCUT2D eigenvalue weighted by Gasteiger charge is 2.08. The summed E-state index contributed by atoms with van der Waals surface area (Å²) in [7, 11) is 1.66. The number of rotatable bonds is 2. The molecule has 0 radical (unpaired) electrons. The maximum Gasteiger partial charge on any atom is 0.367 e. The van der Waals surface area contributed by atoms with Gasteiger partial charge in [0.05, 0.1) is 0 Å². The van der Waals surface area contributed by atoms with Crippen LogP contribution < -0.4 is 5.32 Å². The Labute approximate surface area is 60.7 Å². The number of aromatic nitrogens is 2. The highest BCUT2D eigenvalue weighted by Crippen LogP contribution is 2.13. The van der Waals surface area contributed by atoms with Gasteiger partial charge in [0.1, 0.15) is 0 Å². The second kappa shape index (κ2) is 2.61. The predicted octanol–water partition coefficient (Wildman–Crippen LogP) is 0.278. The summed E-state index contributed by atoms with van der Waals surface area (Å²) in [5.74, 6) is -1.04. The molecule has 0 amide bonds. The fourth-order valence-corrected chi connectivity index (χ4v) is 0.946. The standard InChI is InChI=1S/C4H5N3O2S/c1-5-4-7-6-2(10-4)3(8)9/h1H3,(H,5,7)(H,8,9). The average Bonchev–Trinajstić information content (AvgIpc) is 2.34. The topological polar surface area (TPSA) is 75.1 Å². The van der Waals surface area contributed by atoms with Crippen molar-refractivity contribution in [2.45, 2.75) is 0 Å². The maximum atomic E-state index is 10.2. The van der Waals surface area contributed by atoms with Crippen molar-refractivity contribution in [1.82, 2.24) is 10.2 Å². The molecule has 5 nitrogen and oxygen atoms in total. The second-order valence-corrected chi connectivity index (χ2v) is 2.45. The van der Waals surface area contributed by atoms with E-state index >= 15 is 0 Å². The van der Waals surface area contributed by atoms with Crippen LogP contribution >= 0.6 is 11.3 Å². The lowest BCUT2D eigenvalue weighted by Crippen LogP contribution is -1.93. The number of carboxylic acid groups (broad SMARTS) is 1. The van der Waals surface area contributed by atoms with Gasteiger partial charge in [0.2, 0.25) is 10.1 Å². The number of aromatic carboxylic acids is 1. The molecule has 10 heavy (non-hydrogen) atoms. The second-order valence-electron chi connectivity index (χ2n) is 1.47. The first-order valence-electron chi connectivity index (χ1n) is 2.48. The number of hydrogen-bond acceptors (Lipinski definition) is 5. The van der Waals surface area contributed by atoms with Gasteiger partial charge in [-0.3, -0.25) is 0 Å². The smallest absolute Gasteiger partial charge is 0.367 e. The third-order valence-electron chi connectivity index (χ3n) is 0.822. The number of hydrogen-bond donors (Lipinski definition) is 2. The van der Waals surface area contributed by atoms with E-state index in [4.69, 9.17) is 5.11 Å². The largest absolute Gasteiger partial charge is 0.476 e. The molecule has 2 N–H and O–H groups in total. The lowest BCUT2D eigenvalue weighted by Gasteiger charge is -1.83. The number of carboxylic acids is 1. The molecule has 1 aromatic heterocycles. The Bertz CT molecular complexity index is 246. The zero-order chi connectivity index (χ0) is 7.56. The van der Waals surface area contributed by atoms with Crippen molar-refractivity contribution >= 4 is 22.4 Å². The molecule has 0 bridgehead atoms. The van der Waals surface area contributed by atoms with Crippen molar-refractivity contribution in [3.63, 3.8) is 0 Å². The summed E-state index contributed by atoms with van der Waals surface area (Å²) >= 11 is 1.01. The molecule has 6 heteroatoms. The third-order valence-corrected chi connectivity index (χ3v) is 1.75. The molecule has 54 valence electrons. The molecule has 0 fully saturated rings. The van der Waals surface area contributed by atoms with Gasteiger partial charge >= 0.3 is 5.97 Å². The molecule has 1 aromatic rings. The Morgan fingerprint density at radius 2 is 2.40 bits per heavy atom. The molecule has 0 aliphatic rings. The monoisotopic (exact) mass is 159 g/mol. The van der Waals surface area contributed by atoms with Crippen LogP contribution in [-0.2, 0) is 0 Å². The average molecular weight is 159 g/mol. The lowest BCUT2D eigenvalue weighted by atomic mass is 10.7. The van der Waals surface area contributed by atoms with E-state index in [1.807, 2.05) is 0 Å². The molecule has 1 rings (SSSR count). The van der Waals surface area contributed by atoms with Gasteiger partial charge in [-0.1, -0.05) is 11.3 Å². The van der Waals surface area contributed by atoms with E-state index in [0.29, 0.717) is 5.13 Å². The molecule has 0 aliphatic heterocycles. The number of anilines is 1. The fraction of sp³-hybridized carbons (Fsp3) is 0.250. The highest BCUT2D eigenvalue weighted by molar-refractivity contribution is 7.16. The summed E-state index contributed by atoms with van der Waals surface area (Å²) in [6.07, 6.45) is 0. The van der Waals surface area contributed by atoms with Crippen LogP contribution in [0.25, 0.3) is 0 Å². The summed E-state index contributed by atoms with van der Waals surface area (Å²) < 4.78 is 0. The molecule has 0 aliphatic carbocycles. The van der Waals surface area contributed by atoms with Gasteiger partial charge in [-0.25, -0.2) is 4.79 Å². The predicted molar refractivity (Wildman–Crippen MR) is 36.4 cm³/mol. The quantitative estimate of drug-likeness (QED) is 0.648. The minimum atomic E-state index is -1.04. The zero-order valence-corrected chi connectivity index (χ0v) is 5.97. The van der Waals surface area contributed by atoms with E-state index in [-0.39, 0.29) is 5.01 Å². The van der Waals surface area contributed by atoms with Gasteiger partial charge in [0.25, 0.3) is 0 Å². The minimum Gasteiger partial charge on any atom is -0.476 e. The summed E-state index contributed by atoms with van der Waals surface area (Å²) in [4.78, 5) is 10.2. The van der Waals surface area contributed by atoms with Crippen LogP contribution in [-0.4, -0.2) is 28.3 Å². The summed E-state index contributed by atoms with van der Waals surface area (Å²) in [5.41, 5.74) is 0. The Balaban J connectivity index is 2.88. The summed E-state index contributed by atoms with van der Waals surface area (Å²) in [5, 5.41) is 18.5. The van der Waals surface area contributed by atoms with Crippen molar-refractivity contribution in [2.24, 2.45) is 0 Å². The van der Waals surface area contributed by atoms with Gasteiger partial charge in [-0.05, 0) is 0 Å². The Morgan fingerprint density at radius 3 is 2.70 bits per heavy atom. The van der Waals surface area contributed by atoms with Crippen LogP contribution in [0.3, 0.4) is 0 Å². The van der Waals surface area contributed by atoms with Crippen LogP contribution in [0.4, 0.5) is 5.13 Å². The van der Waals surface area contributed by atoms with Crippen molar-refractivity contribution in [2.75, 3.05) is 12.4 Å². The van der Waals surface area contributed by atoms with E-state index in [1.54, 1.807) is 7.05 Å². The van der Waals surface area contributed by atoms with Crippen LogP contribution in [0.5, 0.6) is 0 Å². The van der Waals surface area contributed by atoms with Crippen LogP contribution in [0.2, 0.25) is 0 Å². The normalized spacial score (nSPS) is 9.30. The van der Waals surface area contributed by atoms with Crippen molar-refractivity contribution < 1.29 is 9.90 Å². The van der Waals surface area contributed by atoms with E-state index in [1.165, 1.54) is 0 Å². The number of nitrogens with zero attached hydrogens (tertiary/aromatic N) is 2.